The maximum atomic E-state index is 5.60. The zero-order valence-electron chi connectivity index (χ0n) is 10.5. The molecule has 0 N–H and O–H groups in total. The summed E-state index contributed by atoms with van der Waals surface area (Å²) in [5.41, 5.74) is 5.06. The van der Waals surface area contributed by atoms with Crippen LogP contribution in [0, 0.1) is 13.8 Å². The van der Waals surface area contributed by atoms with Gasteiger partial charge < -0.3 is 9.15 Å². The molecule has 18 heavy (non-hydrogen) atoms. The molecule has 3 rings (SSSR count). The summed E-state index contributed by atoms with van der Waals surface area (Å²) in [7, 11) is 0. The van der Waals surface area contributed by atoms with Crippen LogP contribution in [0.3, 0.4) is 0 Å². The van der Waals surface area contributed by atoms with Gasteiger partial charge in [-0.1, -0.05) is 34.1 Å². The summed E-state index contributed by atoms with van der Waals surface area (Å²) < 4.78 is 11.0. The molecule has 2 nitrogen and oxygen atoms in total. The highest BCUT2D eigenvalue weighted by atomic mass is 79.9. The zero-order valence-corrected chi connectivity index (χ0v) is 12.1. The molecule has 1 aromatic heterocycles. The van der Waals surface area contributed by atoms with Gasteiger partial charge in [0.05, 0.1) is 18.0 Å². The lowest BCUT2D eigenvalue weighted by atomic mass is 10.0. The van der Waals surface area contributed by atoms with Crippen molar-refractivity contribution in [3.8, 4) is 0 Å². The number of benzene rings is 1. The highest BCUT2D eigenvalue weighted by Gasteiger charge is 2.19. The molecular weight excluding hydrogens is 292 g/mol. The number of alkyl halides is 1. The van der Waals surface area contributed by atoms with E-state index in [1.54, 1.807) is 0 Å². The van der Waals surface area contributed by atoms with Crippen LogP contribution < -0.4 is 0 Å². The Morgan fingerprint density at radius 3 is 2.61 bits per heavy atom. The van der Waals surface area contributed by atoms with Gasteiger partial charge in [0.1, 0.15) is 11.5 Å². The summed E-state index contributed by atoms with van der Waals surface area (Å²) in [5, 5.41) is 0. The van der Waals surface area contributed by atoms with Crippen molar-refractivity contribution in [1.29, 1.82) is 0 Å². The standard InChI is InChI=1S/C15H15BrO2/c1-9-5-14(10(2)18-9)15(16)11-3-4-12-7-17-8-13(12)6-11/h3-6,15H,7-8H2,1-2H3. The van der Waals surface area contributed by atoms with Crippen molar-refractivity contribution in [3.63, 3.8) is 0 Å². The monoisotopic (exact) mass is 306 g/mol. The van der Waals surface area contributed by atoms with Gasteiger partial charge in [0.25, 0.3) is 0 Å². The molecule has 94 valence electrons. The number of fused-ring (bicyclic) bond motifs is 1. The van der Waals surface area contributed by atoms with E-state index in [0.29, 0.717) is 0 Å². The van der Waals surface area contributed by atoms with Crippen LogP contribution in [0.2, 0.25) is 0 Å². The topological polar surface area (TPSA) is 22.4 Å². The van der Waals surface area contributed by atoms with Crippen molar-refractivity contribution in [2.45, 2.75) is 31.9 Å². The van der Waals surface area contributed by atoms with Crippen molar-refractivity contribution < 1.29 is 9.15 Å². The molecular formula is C15H15BrO2. The number of hydrogen-bond acceptors (Lipinski definition) is 2. The Kier molecular flexibility index (Phi) is 3.04. The Labute approximate surface area is 115 Å². The summed E-state index contributed by atoms with van der Waals surface area (Å²) in [6.07, 6.45) is 0. The van der Waals surface area contributed by atoms with Crippen LogP contribution in [-0.2, 0) is 18.0 Å². The molecule has 0 radical (unpaired) electrons. The summed E-state index contributed by atoms with van der Waals surface area (Å²) in [4.78, 5) is 0.181. The molecule has 0 bridgehead atoms. The third-order valence-electron chi connectivity index (χ3n) is 3.39. The number of rotatable bonds is 2. The van der Waals surface area contributed by atoms with E-state index in [0.717, 1.165) is 24.7 Å². The predicted molar refractivity (Wildman–Crippen MR) is 73.9 cm³/mol. The van der Waals surface area contributed by atoms with E-state index in [2.05, 4.69) is 40.2 Å². The SMILES string of the molecule is Cc1cc(C(Br)c2ccc3c(c2)COC3)c(C)o1. The molecule has 0 aliphatic carbocycles. The first-order valence-electron chi connectivity index (χ1n) is 6.05. The van der Waals surface area contributed by atoms with Crippen LogP contribution in [0.1, 0.15) is 38.6 Å². The lowest BCUT2D eigenvalue weighted by molar-refractivity contribution is 0.134. The van der Waals surface area contributed by atoms with Crippen molar-refractivity contribution >= 4 is 15.9 Å². The first kappa shape index (κ1) is 12.0. The first-order chi connectivity index (χ1) is 8.65. The van der Waals surface area contributed by atoms with E-state index < -0.39 is 0 Å². The van der Waals surface area contributed by atoms with Gasteiger partial charge in [-0.2, -0.15) is 0 Å². The lowest BCUT2D eigenvalue weighted by Crippen LogP contribution is -1.95. The van der Waals surface area contributed by atoms with Gasteiger partial charge in [0.15, 0.2) is 0 Å². The molecule has 3 heteroatoms. The van der Waals surface area contributed by atoms with Gasteiger partial charge in [-0.05, 0) is 36.6 Å². The van der Waals surface area contributed by atoms with Gasteiger partial charge >= 0.3 is 0 Å². The van der Waals surface area contributed by atoms with Crippen LogP contribution in [0.5, 0.6) is 0 Å². The second-order valence-electron chi connectivity index (χ2n) is 4.75. The molecule has 2 aromatic rings. The molecule has 0 amide bonds. The van der Waals surface area contributed by atoms with Crippen molar-refractivity contribution in [2.75, 3.05) is 0 Å². The minimum Gasteiger partial charge on any atom is -0.466 e. The summed E-state index contributed by atoms with van der Waals surface area (Å²) in [6.45, 7) is 5.46. The Morgan fingerprint density at radius 1 is 1.11 bits per heavy atom. The van der Waals surface area contributed by atoms with E-state index in [1.807, 2.05) is 13.8 Å². The second-order valence-corrected chi connectivity index (χ2v) is 5.67. The molecule has 1 unspecified atom stereocenters. The second kappa shape index (κ2) is 4.56. The highest BCUT2D eigenvalue weighted by molar-refractivity contribution is 9.09. The summed E-state index contributed by atoms with van der Waals surface area (Å²) in [5.74, 6) is 1.93. The Morgan fingerprint density at radius 2 is 1.89 bits per heavy atom. The fourth-order valence-electron chi connectivity index (χ4n) is 2.43. The molecule has 1 aromatic carbocycles. The molecule has 0 saturated carbocycles. The maximum absolute atomic E-state index is 5.60. The van der Waals surface area contributed by atoms with Crippen LogP contribution in [-0.4, -0.2) is 0 Å². The van der Waals surface area contributed by atoms with E-state index in [-0.39, 0.29) is 4.83 Å². The molecule has 1 atom stereocenters. The summed E-state index contributed by atoms with van der Waals surface area (Å²) >= 11 is 3.77. The maximum Gasteiger partial charge on any atom is 0.105 e. The minimum atomic E-state index is 0.181. The molecule has 0 saturated heterocycles. The van der Waals surface area contributed by atoms with Gasteiger partial charge in [-0.25, -0.2) is 0 Å². The van der Waals surface area contributed by atoms with E-state index in [9.17, 15) is 0 Å². The largest absolute Gasteiger partial charge is 0.466 e. The van der Waals surface area contributed by atoms with Gasteiger partial charge in [-0.15, -0.1) is 0 Å². The van der Waals surface area contributed by atoms with Crippen LogP contribution in [0.15, 0.2) is 28.7 Å². The predicted octanol–water partition coefficient (Wildman–Crippen LogP) is 4.41. The van der Waals surface area contributed by atoms with E-state index >= 15 is 0 Å². The van der Waals surface area contributed by atoms with Crippen LogP contribution >= 0.6 is 15.9 Å². The lowest BCUT2D eigenvalue weighted by Gasteiger charge is -2.10. The smallest absolute Gasteiger partial charge is 0.105 e. The molecule has 0 spiro atoms. The van der Waals surface area contributed by atoms with Crippen molar-refractivity contribution in [2.24, 2.45) is 0 Å². The number of furan rings is 1. The number of halogens is 1. The van der Waals surface area contributed by atoms with Crippen molar-refractivity contribution in [1.82, 2.24) is 0 Å². The fraction of sp³-hybridized carbons (Fsp3) is 0.333. The zero-order chi connectivity index (χ0) is 12.7. The van der Waals surface area contributed by atoms with Crippen LogP contribution in [0.4, 0.5) is 0 Å². The Balaban J connectivity index is 1.97. The van der Waals surface area contributed by atoms with Crippen molar-refractivity contribution in [3.05, 3.63) is 58.0 Å². The first-order valence-corrected chi connectivity index (χ1v) is 6.97. The van der Waals surface area contributed by atoms with Gasteiger partial charge in [0.2, 0.25) is 0 Å². The van der Waals surface area contributed by atoms with Crippen LogP contribution in [0.25, 0.3) is 0 Å². The quantitative estimate of drug-likeness (QED) is 0.767. The van der Waals surface area contributed by atoms with E-state index in [1.165, 1.54) is 22.3 Å². The highest BCUT2D eigenvalue weighted by Crippen LogP contribution is 2.36. The Bertz CT molecular complexity index is 586. The molecule has 0 fully saturated rings. The summed E-state index contributed by atoms with van der Waals surface area (Å²) in [6, 6.07) is 8.64. The molecule has 1 aliphatic heterocycles. The van der Waals surface area contributed by atoms with Gasteiger partial charge in [-0.3, -0.25) is 0 Å². The van der Waals surface area contributed by atoms with Gasteiger partial charge in [0, 0.05) is 5.56 Å². The third-order valence-corrected chi connectivity index (χ3v) is 4.41. The minimum absolute atomic E-state index is 0.181. The number of hydrogen-bond donors (Lipinski definition) is 0. The number of aryl methyl sites for hydroxylation is 2. The normalized spacial score (nSPS) is 15.7. The van der Waals surface area contributed by atoms with E-state index in [4.69, 9.17) is 9.15 Å². The molecule has 2 heterocycles. The number of ether oxygens (including phenoxy) is 1. The third kappa shape index (κ3) is 2.02. The molecule has 1 aliphatic rings. The fourth-order valence-corrected chi connectivity index (χ4v) is 3.17. The average molecular weight is 307 g/mol. The average Bonchev–Trinajstić information content (AvgIpc) is 2.93. The Hall–Kier alpha value is -1.06.